The average molecular weight is 200 g/mol. The molecular weight excluding hydrogens is 172 g/mol. The summed E-state index contributed by atoms with van der Waals surface area (Å²) in [5.74, 6) is 2.37. The summed E-state index contributed by atoms with van der Waals surface area (Å²) in [6.07, 6.45) is 6.25. The number of hydrogen-bond acceptors (Lipinski definition) is 1. The summed E-state index contributed by atoms with van der Waals surface area (Å²) >= 11 is 0. The van der Waals surface area contributed by atoms with Gasteiger partial charge in [-0.2, -0.15) is 0 Å². The minimum atomic E-state index is 0.346. The van der Waals surface area contributed by atoms with Gasteiger partial charge in [-0.3, -0.25) is 0 Å². The van der Waals surface area contributed by atoms with Crippen LogP contribution in [0.1, 0.15) is 59.8 Å². The molecule has 3 unspecified atom stereocenters. The summed E-state index contributed by atoms with van der Waals surface area (Å²) < 4.78 is 0. The first-order chi connectivity index (χ1) is 6.60. The van der Waals surface area contributed by atoms with E-state index in [0.29, 0.717) is 12.5 Å². The Morgan fingerprint density at radius 1 is 0.857 bits per heavy atom. The Morgan fingerprint density at radius 3 is 1.79 bits per heavy atom. The molecule has 0 saturated carbocycles. The van der Waals surface area contributed by atoms with Crippen molar-refractivity contribution in [1.82, 2.24) is 0 Å². The molecule has 0 aliphatic carbocycles. The van der Waals surface area contributed by atoms with Crippen LogP contribution in [0.2, 0.25) is 0 Å². The summed E-state index contributed by atoms with van der Waals surface area (Å²) in [6.45, 7) is 9.56. The van der Waals surface area contributed by atoms with E-state index in [1.54, 1.807) is 0 Å². The summed E-state index contributed by atoms with van der Waals surface area (Å²) in [6, 6.07) is 0. The Labute approximate surface area is 89.9 Å². The smallest absolute Gasteiger partial charge is 0.0433 e. The van der Waals surface area contributed by atoms with Crippen molar-refractivity contribution in [3.05, 3.63) is 0 Å². The number of hydrogen-bond donors (Lipinski definition) is 1. The highest BCUT2D eigenvalue weighted by molar-refractivity contribution is 4.63. The molecule has 0 spiro atoms. The van der Waals surface area contributed by atoms with Gasteiger partial charge in [0.15, 0.2) is 0 Å². The molecule has 0 aromatic heterocycles. The molecule has 0 heterocycles. The molecule has 14 heavy (non-hydrogen) atoms. The average Bonchev–Trinajstić information content (AvgIpc) is 2.03. The third-order valence-corrected chi connectivity index (χ3v) is 3.01. The van der Waals surface area contributed by atoms with Crippen molar-refractivity contribution in [2.75, 3.05) is 6.61 Å². The van der Waals surface area contributed by atoms with Gasteiger partial charge in [-0.1, -0.05) is 40.5 Å². The van der Waals surface area contributed by atoms with Crippen LogP contribution in [-0.4, -0.2) is 11.7 Å². The van der Waals surface area contributed by atoms with Gasteiger partial charge in [0.25, 0.3) is 0 Å². The van der Waals surface area contributed by atoms with Crippen molar-refractivity contribution >= 4 is 0 Å². The summed E-state index contributed by atoms with van der Waals surface area (Å²) in [5.41, 5.74) is 0. The van der Waals surface area contributed by atoms with E-state index in [0.717, 1.165) is 18.3 Å². The van der Waals surface area contributed by atoms with Crippen LogP contribution in [0.4, 0.5) is 0 Å². The quantitative estimate of drug-likeness (QED) is 0.631. The maximum Gasteiger partial charge on any atom is 0.0433 e. The third-order valence-electron chi connectivity index (χ3n) is 3.01. The Bertz CT molecular complexity index is 108. The largest absolute Gasteiger partial charge is 0.396 e. The molecule has 0 radical (unpaired) electrons. The molecule has 1 N–H and O–H groups in total. The zero-order valence-electron chi connectivity index (χ0n) is 10.4. The lowest BCUT2D eigenvalue weighted by Gasteiger charge is -2.19. The monoisotopic (exact) mass is 200 g/mol. The predicted molar refractivity (Wildman–Crippen MR) is 63.3 cm³/mol. The zero-order chi connectivity index (χ0) is 11.0. The van der Waals surface area contributed by atoms with Crippen LogP contribution < -0.4 is 0 Å². The van der Waals surface area contributed by atoms with E-state index in [9.17, 15) is 0 Å². The highest BCUT2D eigenvalue weighted by atomic mass is 16.3. The molecule has 0 aliphatic rings. The highest BCUT2D eigenvalue weighted by Gasteiger charge is 2.11. The Kier molecular flexibility index (Phi) is 8.26. The van der Waals surface area contributed by atoms with Crippen molar-refractivity contribution in [2.24, 2.45) is 17.8 Å². The highest BCUT2D eigenvalue weighted by Crippen LogP contribution is 2.23. The number of aliphatic hydroxyl groups excluding tert-OH is 1. The van der Waals surface area contributed by atoms with E-state index in [4.69, 9.17) is 5.11 Å². The first kappa shape index (κ1) is 14.0. The van der Waals surface area contributed by atoms with E-state index < -0.39 is 0 Å². The van der Waals surface area contributed by atoms with E-state index in [1.807, 2.05) is 0 Å². The number of aliphatic hydroxyl groups is 1. The molecule has 1 heteroatoms. The third kappa shape index (κ3) is 7.37. The van der Waals surface area contributed by atoms with Crippen molar-refractivity contribution in [1.29, 1.82) is 0 Å². The molecule has 1 nitrogen and oxygen atoms in total. The van der Waals surface area contributed by atoms with Crippen LogP contribution in [0, 0.1) is 17.8 Å². The van der Waals surface area contributed by atoms with Gasteiger partial charge in [0.05, 0.1) is 0 Å². The van der Waals surface area contributed by atoms with Gasteiger partial charge >= 0.3 is 0 Å². The van der Waals surface area contributed by atoms with Crippen molar-refractivity contribution < 1.29 is 5.11 Å². The summed E-state index contributed by atoms with van der Waals surface area (Å²) in [5, 5.41) is 8.82. The van der Waals surface area contributed by atoms with Crippen LogP contribution in [0.15, 0.2) is 0 Å². The molecule has 0 fully saturated rings. The van der Waals surface area contributed by atoms with E-state index in [2.05, 4.69) is 27.7 Å². The minimum Gasteiger partial charge on any atom is -0.396 e. The maximum atomic E-state index is 8.82. The fourth-order valence-corrected chi connectivity index (χ4v) is 2.42. The first-order valence-corrected chi connectivity index (χ1v) is 6.20. The van der Waals surface area contributed by atoms with Crippen molar-refractivity contribution in [3.8, 4) is 0 Å². The lowest BCUT2D eigenvalue weighted by atomic mass is 9.87. The molecular formula is C13H28O. The van der Waals surface area contributed by atoms with Gasteiger partial charge in [0.1, 0.15) is 0 Å². The second kappa shape index (κ2) is 8.28. The van der Waals surface area contributed by atoms with Crippen LogP contribution in [0.25, 0.3) is 0 Å². The lowest BCUT2D eigenvalue weighted by molar-refractivity contribution is 0.241. The van der Waals surface area contributed by atoms with E-state index >= 15 is 0 Å². The molecule has 0 amide bonds. The topological polar surface area (TPSA) is 20.2 Å². The normalized spacial score (nSPS) is 17.8. The van der Waals surface area contributed by atoms with Gasteiger partial charge in [-0.25, -0.2) is 0 Å². The molecule has 0 bridgehead atoms. The lowest BCUT2D eigenvalue weighted by Crippen LogP contribution is -2.08. The maximum absolute atomic E-state index is 8.82. The molecule has 0 aromatic carbocycles. The van der Waals surface area contributed by atoms with Gasteiger partial charge in [-0.15, -0.1) is 0 Å². The summed E-state index contributed by atoms with van der Waals surface area (Å²) in [4.78, 5) is 0. The van der Waals surface area contributed by atoms with Crippen LogP contribution >= 0.6 is 0 Å². The van der Waals surface area contributed by atoms with Crippen LogP contribution in [-0.2, 0) is 0 Å². The van der Waals surface area contributed by atoms with E-state index in [1.165, 1.54) is 25.7 Å². The molecule has 0 aromatic rings. The fraction of sp³-hybridized carbons (Fsp3) is 1.00. The standard InChI is InChI=1S/C13H28O/c1-5-6-11(2)9-13(4)10-12(3)7-8-14/h11-14H,5-10H2,1-4H3. The van der Waals surface area contributed by atoms with Crippen molar-refractivity contribution in [2.45, 2.75) is 59.8 Å². The SMILES string of the molecule is CCCC(C)CC(C)CC(C)CCO. The van der Waals surface area contributed by atoms with E-state index in [-0.39, 0.29) is 0 Å². The molecule has 0 rings (SSSR count). The Hall–Kier alpha value is -0.0400. The molecule has 0 saturated heterocycles. The summed E-state index contributed by atoms with van der Waals surface area (Å²) in [7, 11) is 0. The van der Waals surface area contributed by atoms with Crippen molar-refractivity contribution in [3.63, 3.8) is 0 Å². The Morgan fingerprint density at radius 2 is 1.36 bits per heavy atom. The van der Waals surface area contributed by atoms with Gasteiger partial charge in [0.2, 0.25) is 0 Å². The second-order valence-electron chi connectivity index (χ2n) is 5.09. The van der Waals surface area contributed by atoms with Gasteiger partial charge in [-0.05, 0) is 37.0 Å². The predicted octanol–water partition coefficient (Wildman–Crippen LogP) is 3.86. The fourth-order valence-electron chi connectivity index (χ4n) is 2.42. The zero-order valence-corrected chi connectivity index (χ0v) is 10.4. The second-order valence-corrected chi connectivity index (χ2v) is 5.09. The van der Waals surface area contributed by atoms with Crippen LogP contribution in [0.3, 0.4) is 0 Å². The minimum absolute atomic E-state index is 0.346. The van der Waals surface area contributed by atoms with Crippen LogP contribution in [0.5, 0.6) is 0 Å². The molecule has 86 valence electrons. The van der Waals surface area contributed by atoms with Gasteiger partial charge in [0, 0.05) is 6.61 Å². The molecule has 3 atom stereocenters. The Balaban J connectivity index is 3.57. The molecule has 0 aliphatic heterocycles. The number of rotatable bonds is 8. The first-order valence-electron chi connectivity index (χ1n) is 6.20. The van der Waals surface area contributed by atoms with Gasteiger partial charge < -0.3 is 5.11 Å².